The third-order valence-corrected chi connectivity index (χ3v) is 3.65. The van der Waals surface area contributed by atoms with Gasteiger partial charge in [0.1, 0.15) is 0 Å². The highest BCUT2D eigenvalue weighted by molar-refractivity contribution is 5.76. The van der Waals surface area contributed by atoms with Crippen LogP contribution in [0.3, 0.4) is 0 Å². The van der Waals surface area contributed by atoms with Gasteiger partial charge in [0.15, 0.2) is 0 Å². The molecule has 1 N–H and O–H groups in total. The molecule has 0 bridgehead atoms. The zero-order chi connectivity index (χ0) is 11.8. The second-order valence-electron chi connectivity index (χ2n) is 4.80. The molecule has 1 atom stereocenters. The quantitative estimate of drug-likeness (QED) is 0.798. The normalized spacial score (nSPS) is 22.1. The van der Waals surface area contributed by atoms with Gasteiger partial charge in [-0.05, 0) is 24.7 Å². The van der Waals surface area contributed by atoms with Gasteiger partial charge in [0.2, 0.25) is 0 Å². The maximum absolute atomic E-state index is 4.42. The van der Waals surface area contributed by atoms with E-state index in [2.05, 4.69) is 45.0 Å². The van der Waals surface area contributed by atoms with Gasteiger partial charge in [-0.15, -0.1) is 0 Å². The monoisotopic (exact) mass is 230 g/mol. The molecule has 1 unspecified atom stereocenters. The summed E-state index contributed by atoms with van der Waals surface area (Å²) in [4.78, 5) is 6.83. The molecule has 0 aliphatic carbocycles. The molecule has 1 aliphatic heterocycles. The number of nitrogens with zero attached hydrogens (tertiary/aromatic N) is 3. The number of aromatic nitrogens is 2. The van der Waals surface area contributed by atoms with Crippen molar-refractivity contribution in [2.45, 2.75) is 6.04 Å². The molecule has 1 aromatic carbocycles. The van der Waals surface area contributed by atoms with Crippen molar-refractivity contribution in [3.8, 4) is 0 Å². The summed E-state index contributed by atoms with van der Waals surface area (Å²) in [6.45, 7) is 3.21. The number of fused-ring (bicyclic) bond motifs is 1. The number of hydrogen-bond acceptors (Lipinski definition) is 3. The lowest BCUT2D eigenvalue weighted by atomic mass is 10.0. The Balaban J connectivity index is 1.99. The van der Waals surface area contributed by atoms with Crippen LogP contribution < -0.4 is 5.32 Å². The molecule has 0 radical (unpaired) electrons. The van der Waals surface area contributed by atoms with Crippen molar-refractivity contribution in [3.05, 3.63) is 30.1 Å². The summed E-state index contributed by atoms with van der Waals surface area (Å²) >= 11 is 0. The molecule has 0 amide bonds. The number of imidazole rings is 1. The Morgan fingerprint density at radius 1 is 1.35 bits per heavy atom. The smallest absolute Gasteiger partial charge is 0.0955 e. The minimum Gasteiger partial charge on any atom is -0.334 e. The van der Waals surface area contributed by atoms with Crippen LogP contribution in [0.25, 0.3) is 11.0 Å². The Morgan fingerprint density at radius 2 is 2.24 bits per heavy atom. The second kappa shape index (κ2) is 4.13. The summed E-state index contributed by atoms with van der Waals surface area (Å²) in [5, 5.41) is 3.45. The Labute approximate surface area is 101 Å². The molecule has 4 heteroatoms. The first-order valence-electron chi connectivity index (χ1n) is 6.07. The predicted octanol–water partition coefficient (Wildman–Crippen LogP) is 1.15. The molecule has 1 aromatic heterocycles. The molecular weight excluding hydrogens is 212 g/mol. The van der Waals surface area contributed by atoms with Crippen molar-refractivity contribution in [1.82, 2.24) is 19.8 Å². The molecular formula is C13H18N4. The van der Waals surface area contributed by atoms with E-state index in [0.29, 0.717) is 6.04 Å². The number of aryl methyl sites for hydroxylation is 1. The lowest BCUT2D eigenvalue weighted by molar-refractivity contribution is 0.202. The lowest BCUT2D eigenvalue weighted by Crippen LogP contribution is -2.43. The van der Waals surface area contributed by atoms with Crippen molar-refractivity contribution in [2.75, 3.05) is 26.7 Å². The van der Waals surface area contributed by atoms with Crippen LogP contribution in [0, 0.1) is 0 Å². The van der Waals surface area contributed by atoms with Gasteiger partial charge in [-0.3, -0.25) is 4.90 Å². The number of piperazine rings is 1. The van der Waals surface area contributed by atoms with Gasteiger partial charge in [-0.25, -0.2) is 4.98 Å². The molecule has 1 aliphatic rings. The van der Waals surface area contributed by atoms with E-state index in [1.165, 1.54) is 11.1 Å². The minimum absolute atomic E-state index is 0.468. The van der Waals surface area contributed by atoms with Crippen molar-refractivity contribution < 1.29 is 0 Å². The molecule has 3 rings (SSSR count). The Bertz CT molecular complexity index is 531. The summed E-state index contributed by atoms with van der Waals surface area (Å²) in [5.41, 5.74) is 3.63. The third kappa shape index (κ3) is 1.83. The summed E-state index contributed by atoms with van der Waals surface area (Å²) in [6.07, 6.45) is 1.87. The number of rotatable bonds is 1. The molecule has 1 saturated heterocycles. The molecule has 2 heterocycles. The first-order chi connectivity index (χ1) is 8.25. The summed E-state index contributed by atoms with van der Waals surface area (Å²) in [5.74, 6) is 0. The second-order valence-corrected chi connectivity index (χ2v) is 4.80. The van der Waals surface area contributed by atoms with Gasteiger partial charge in [0, 0.05) is 32.7 Å². The van der Waals surface area contributed by atoms with E-state index in [1.807, 2.05) is 13.4 Å². The molecule has 2 aromatic rings. The molecule has 0 spiro atoms. The van der Waals surface area contributed by atoms with E-state index in [-0.39, 0.29) is 0 Å². The van der Waals surface area contributed by atoms with Crippen LogP contribution >= 0.6 is 0 Å². The standard InChI is InChI=1S/C13H18N4/c1-16-6-5-14-8-13(16)10-3-4-12-11(7-10)15-9-17(12)2/h3-4,7,9,13-14H,5-6,8H2,1-2H3. The molecule has 0 saturated carbocycles. The van der Waals surface area contributed by atoms with Gasteiger partial charge >= 0.3 is 0 Å². The lowest BCUT2D eigenvalue weighted by Gasteiger charge is -2.33. The van der Waals surface area contributed by atoms with Crippen molar-refractivity contribution in [2.24, 2.45) is 7.05 Å². The van der Waals surface area contributed by atoms with Crippen LogP contribution in [-0.2, 0) is 7.05 Å². The largest absolute Gasteiger partial charge is 0.334 e. The predicted molar refractivity (Wildman–Crippen MR) is 69.0 cm³/mol. The number of nitrogens with one attached hydrogen (secondary N) is 1. The Kier molecular flexibility index (Phi) is 2.61. The van der Waals surface area contributed by atoms with Crippen LogP contribution in [0.1, 0.15) is 11.6 Å². The van der Waals surface area contributed by atoms with E-state index in [9.17, 15) is 0 Å². The van der Waals surface area contributed by atoms with Gasteiger partial charge in [-0.1, -0.05) is 6.07 Å². The van der Waals surface area contributed by atoms with Crippen LogP contribution in [0.5, 0.6) is 0 Å². The van der Waals surface area contributed by atoms with Gasteiger partial charge in [0.05, 0.1) is 17.4 Å². The first-order valence-corrected chi connectivity index (χ1v) is 6.07. The zero-order valence-corrected chi connectivity index (χ0v) is 10.3. The summed E-state index contributed by atoms with van der Waals surface area (Å²) < 4.78 is 2.06. The highest BCUT2D eigenvalue weighted by Gasteiger charge is 2.20. The Hall–Kier alpha value is -1.39. The van der Waals surface area contributed by atoms with Crippen LogP contribution in [0.4, 0.5) is 0 Å². The van der Waals surface area contributed by atoms with Crippen LogP contribution in [0.15, 0.2) is 24.5 Å². The minimum atomic E-state index is 0.468. The average Bonchev–Trinajstić information content (AvgIpc) is 2.71. The average molecular weight is 230 g/mol. The van der Waals surface area contributed by atoms with E-state index >= 15 is 0 Å². The van der Waals surface area contributed by atoms with Crippen molar-refractivity contribution in [1.29, 1.82) is 0 Å². The van der Waals surface area contributed by atoms with Gasteiger partial charge in [-0.2, -0.15) is 0 Å². The highest BCUT2D eigenvalue weighted by Crippen LogP contribution is 2.23. The maximum atomic E-state index is 4.42. The topological polar surface area (TPSA) is 33.1 Å². The number of likely N-dealkylation sites (N-methyl/N-ethyl adjacent to an activating group) is 1. The summed E-state index contributed by atoms with van der Waals surface area (Å²) in [6, 6.07) is 7.07. The third-order valence-electron chi connectivity index (χ3n) is 3.65. The first kappa shape index (κ1) is 10.7. The van der Waals surface area contributed by atoms with Crippen LogP contribution in [0.2, 0.25) is 0 Å². The SMILES string of the molecule is CN1CCNCC1c1ccc2c(c1)ncn2C. The molecule has 4 nitrogen and oxygen atoms in total. The van der Waals surface area contributed by atoms with Crippen molar-refractivity contribution >= 4 is 11.0 Å². The highest BCUT2D eigenvalue weighted by atomic mass is 15.2. The fourth-order valence-corrected chi connectivity index (χ4v) is 2.54. The number of benzene rings is 1. The Morgan fingerprint density at radius 3 is 3.06 bits per heavy atom. The zero-order valence-electron chi connectivity index (χ0n) is 10.3. The summed E-state index contributed by atoms with van der Waals surface area (Å²) in [7, 11) is 4.22. The molecule has 1 fully saturated rings. The molecule has 90 valence electrons. The van der Waals surface area contributed by atoms with E-state index < -0.39 is 0 Å². The fourth-order valence-electron chi connectivity index (χ4n) is 2.54. The van der Waals surface area contributed by atoms with Crippen molar-refractivity contribution in [3.63, 3.8) is 0 Å². The molecule has 17 heavy (non-hydrogen) atoms. The van der Waals surface area contributed by atoms with Gasteiger partial charge in [0.25, 0.3) is 0 Å². The van der Waals surface area contributed by atoms with E-state index in [1.54, 1.807) is 0 Å². The fraction of sp³-hybridized carbons (Fsp3) is 0.462. The van der Waals surface area contributed by atoms with E-state index in [4.69, 9.17) is 0 Å². The number of hydrogen-bond donors (Lipinski definition) is 1. The van der Waals surface area contributed by atoms with E-state index in [0.717, 1.165) is 25.2 Å². The van der Waals surface area contributed by atoms with Crippen LogP contribution in [-0.4, -0.2) is 41.1 Å². The maximum Gasteiger partial charge on any atom is 0.0955 e. The van der Waals surface area contributed by atoms with Gasteiger partial charge < -0.3 is 9.88 Å².